The molecule has 1 fully saturated rings. The molecular formula is C11H18NP. The standard InChI is InChI=1S/C11H18NP/c1-3-5-7-10(4-2)11-8-6-9-12(11)13/h3-5,7,11H,2,6,8-9,13H2,1H3/b5-3-,10-7+. The van der Waals surface area contributed by atoms with E-state index in [1.54, 1.807) is 0 Å². The second-order valence-electron chi connectivity index (χ2n) is 3.29. The number of rotatable bonds is 3. The topological polar surface area (TPSA) is 3.24 Å². The highest BCUT2D eigenvalue weighted by Gasteiger charge is 2.22. The van der Waals surface area contributed by atoms with E-state index in [9.17, 15) is 0 Å². The lowest BCUT2D eigenvalue weighted by atomic mass is 10.1. The first kappa shape index (κ1) is 10.7. The van der Waals surface area contributed by atoms with E-state index in [-0.39, 0.29) is 0 Å². The van der Waals surface area contributed by atoms with Crippen LogP contribution in [0.15, 0.2) is 36.5 Å². The first-order valence-corrected chi connectivity index (χ1v) is 5.28. The first-order valence-electron chi connectivity index (χ1n) is 4.76. The normalized spacial score (nSPS) is 25.7. The summed E-state index contributed by atoms with van der Waals surface area (Å²) < 4.78 is 2.32. The third-order valence-electron chi connectivity index (χ3n) is 2.40. The predicted molar refractivity (Wildman–Crippen MR) is 62.5 cm³/mol. The monoisotopic (exact) mass is 195 g/mol. The van der Waals surface area contributed by atoms with Gasteiger partial charge in [-0.3, -0.25) is 4.67 Å². The van der Waals surface area contributed by atoms with Crippen LogP contribution in [0.3, 0.4) is 0 Å². The van der Waals surface area contributed by atoms with Crippen LogP contribution >= 0.6 is 9.39 Å². The van der Waals surface area contributed by atoms with Gasteiger partial charge in [0.1, 0.15) is 0 Å². The fourth-order valence-electron chi connectivity index (χ4n) is 1.67. The number of hydrogen-bond donors (Lipinski definition) is 0. The lowest BCUT2D eigenvalue weighted by Gasteiger charge is -2.19. The number of hydrogen-bond acceptors (Lipinski definition) is 1. The maximum Gasteiger partial charge on any atom is 0.0380 e. The lowest BCUT2D eigenvalue weighted by molar-refractivity contribution is 0.491. The van der Waals surface area contributed by atoms with Crippen molar-refractivity contribution < 1.29 is 0 Å². The molecule has 0 bridgehead atoms. The Kier molecular flexibility index (Phi) is 4.41. The summed E-state index contributed by atoms with van der Waals surface area (Å²) in [6, 6.07) is 0.554. The summed E-state index contributed by atoms with van der Waals surface area (Å²) in [5, 5.41) is 0. The highest BCUT2D eigenvalue weighted by molar-refractivity contribution is 7.13. The zero-order valence-electron chi connectivity index (χ0n) is 8.24. The van der Waals surface area contributed by atoms with Gasteiger partial charge in [0.25, 0.3) is 0 Å². The van der Waals surface area contributed by atoms with Gasteiger partial charge in [-0.15, -0.1) is 0 Å². The molecule has 0 amide bonds. The van der Waals surface area contributed by atoms with E-state index in [1.807, 2.05) is 19.1 Å². The van der Waals surface area contributed by atoms with E-state index < -0.39 is 0 Å². The fraction of sp³-hybridized carbons (Fsp3) is 0.455. The third-order valence-corrected chi connectivity index (χ3v) is 3.01. The summed E-state index contributed by atoms with van der Waals surface area (Å²) in [6.07, 6.45) is 10.8. The Labute approximate surface area is 83.5 Å². The third kappa shape index (κ3) is 2.79. The van der Waals surface area contributed by atoms with E-state index in [4.69, 9.17) is 0 Å². The maximum absolute atomic E-state index is 3.85. The summed E-state index contributed by atoms with van der Waals surface area (Å²) in [6.45, 7) is 7.06. The van der Waals surface area contributed by atoms with Gasteiger partial charge in [0, 0.05) is 12.6 Å². The molecule has 0 aromatic rings. The Morgan fingerprint density at radius 3 is 2.85 bits per heavy atom. The van der Waals surface area contributed by atoms with Gasteiger partial charge in [0.2, 0.25) is 0 Å². The summed E-state index contributed by atoms with van der Waals surface area (Å²) in [5.74, 6) is 0. The van der Waals surface area contributed by atoms with Gasteiger partial charge in [-0.2, -0.15) is 0 Å². The molecule has 1 aliphatic rings. The van der Waals surface area contributed by atoms with Crippen molar-refractivity contribution in [1.29, 1.82) is 0 Å². The van der Waals surface area contributed by atoms with Crippen LogP contribution < -0.4 is 0 Å². The second-order valence-corrected chi connectivity index (χ2v) is 3.96. The van der Waals surface area contributed by atoms with Crippen molar-refractivity contribution in [3.8, 4) is 0 Å². The highest BCUT2D eigenvalue weighted by atomic mass is 31.0. The van der Waals surface area contributed by atoms with Gasteiger partial charge >= 0.3 is 0 Å². The Morgan fingerprint density at radius 2 is 2.38 bits per heavy atom. The van der Waals surface area contributed by atoms with E-state index in [1.165, 1.54) is 25.0 Å². The van der Waals surface area contributed by atoms with Crippen LogP contribution in [0.25, 0.3) is 0 Å². The molecule has 1 aliphatic heterocycles. The quantitative estimate of drug-likeness (QED) is 0.494. The Morgan fingerprint density at radius 1 is 1.62 bits per heavy atom. The zero-order chi connectivity index (χ0) is 9.68. The van der Waals surface area contributed by atoms with Crippen molar-refractivity contribution in [2.75, 3.05) is 6.54 Å². The van der Waals surface area contributed by atoms with Gasteiger partial charge < -0.3 is 0 Å². The van der Waals surface area contributed by atoms with Crippen molar-refractivity contribution in [2.45, 2.75) is 25.8 Å². The van der Waals surface area contributed by atoms with Crippen LogP contribution in [0.5, 0.6) is 0 Å². The molecule has 2 unspecified atom stereocenters. The SMILES string of the molecule is C=C/C(=C\C=C/C)C1CCCN1P. The number of allylic oxidation sites excluding steroid dienone is 3. The molecule has 1 saturated heterocycles. The molecule has 0 aromatic carbocycles. The Balaban J connectivity index is 2.70. The van der Waals surface area contributed by atoms with Crippen LogP contribution in [0.1, 0.15) is 19.8 Å². The molecular weight excluding hydrogens is 177 g/mol. The average Bonchev–Trinajstić information content (AvgIpc) is 2.54. The second kappa shape index (κ2) is 5.36. The van der Waals surface area contributed by atoms with Crippen LogP contribution in [0.4, 0.5) is 0 Å². The minimum absolute atomic E-state index is 0.554. The van der Waals surface area contributed by atoms with Gasteiger partial charge in [-0.05, 0) is 25.3 Å². The highest BCUT2D eigenvalue weighted by Crippen LogP contribution is 2.27. The van der Waals surface area contributed by atoms with E-state index >= 15 is 0 Å². The van der Waals surface area contributed by atoms with Crippen LogP contribution in [0, 0.1) is 0 Å². The number of nitrogens with zero attached hydrogens (tertiary/aromatic N) is 1. The molecule has 0 radical (unpaired) electrons. The maximum atomic E-state index is 3.85. The van der Waals surface area contributed by atoms with Crippen molar-refractivity contribution in [3.05, 3.63) is 36.5 Å². The lowest BCUT2D eigenvalue weighted by Crippen LogP contribution is -2.20. The van der Waals surface area contributed by atoms with Gasteiger partial charge in [0.15, 0.2) is 0 Å². The summed E-state index contributed by atoms with van der Waals surface area (Å²) >= 11 is 0. The van der Waals surface area contributed by atoms with Crippen molar-refractivity contribution in [3.63, 3.8) is 0 Å². The smallest absolute Gasteiger partial charge is 0.0380 e. The first-order chi connectivity index (χ1) is 6.29. The zero-order valence-corrected chi connectivity index (χ0v) is 9.39. The molecule has 2 atom stereocenters. The fourth-order valence-corrected chi connectivity index (χ4v) is 2.17. The molecule has 1 nitrogen and oxygen atoms in total. The average molecular weight is 195 g/mol. The molecule has 0 aromatic heterocycles. The molecule has 0 aliphatic carbocycles. The van der Waals surface area contributed by atoms with Crippen molar-refractivity contribution in [1.82, 2.24) is 4.67 Å². The predicted octanol–water partition coefficient (Wildman–Crippen LogP) is 2.93. The van der Waals surface area contributed by atoms with E-state index in [2.05, 4.69) is 32.8 Å². The van der Waals surface area contributed by atoms with Crippen LogP contribution in [0.2, 0.25) is 0 Å². The molecule has 1 rings (SSSR count). The summed E-state index contributed by atoms with van der Waals surface area (Å²) in [7, 11) is 2.80. The van der Waals surface area contributed by atoms with E-state index in [0.717, 1.165) is 0 Å². The van der Waals surface area contributed by atoms with Gasteiger partial charge in [-0.1, -0.05) is 40.3 Å². The van der Waals surface area contributed by atoms with Crippen molar-refractivity contribution >= 4 is 9.39 Å². The molecule has 0 saturated carbocycles. The van der Waals surface area contributed by atoms with Crippen LogP contribution in [-0.2, 0) is 0 Å². The minimum atomic E-state index is 0.554. The molecule has 13 heavy (non-hydrogen) atoms. The summed E-state index contributed by atoms with van der Waals surface area (Å²) in [4.78, 5) is 0. The Bertz CT molecular complexity index is 230. The van der Waals surface area contributed by atoms with Crippen molar-refractivity contribution in [2.24, 2.45) is 0 Å². The molecule has 0 N–H and O–H groups in total. The molecule has 1 heterocycles. The van der Waals surface area contributed by atoms with E-state index in [0.29, 0.717) is 6.04 Å². The van der Waals surface area contributed by atoms with Gasteiger partial charge in [0.05, 0.1) is 0 Å². The minimum Gasteiger partial charge on any atom is -0.280 e. The summed E-state index contributed by atoms with van der Waals surface area (Å²) in [5.41, 5.74) is 1.32. The largest absolute Gasteiger partial charge is 0.280 e. The van der Waals surface area contributed by atoms with Gasteiger partial charge in [-0.25, -0.2) is 0 Å². The Hall–Kier alpha value is -0.390. The molecule has 2 heteroatoms. The molecule has 0 spiro atoms. The van der Waals surface area contributed by atoms with Crippen LogP contribution in [-0.4, -0.2) is 17.3 Å². The molecule has 72 valence electrons.